The molecule has 6 heteroatoms. The molecule has 0 heterocycles. The van der Waals surface area contributed by atoms with Gasteiger partial charge in [-0.15, -0.1) is 78.9 Å². The fraction of sp³-hybridized carbons (Fsp3) is 0.455. The third-order valence-corrected chi connectivity index (χ3v) is 0.943. The maximum absolute atomic E-state index is 8.26. The predicted octanol–water partition coefficient (Wildman–Crippen LogP) is 12.3. The zero-order chi connectivity index (χ0) is 43.6. The third-order valence-electron chi connectivity index (χ3n) is 0.943. The van der Waals surface area contributed by atoms with Crippen molar-refractivity contribution in [2.45, 2.75) is 83.1 Å². The molecule has 0 spiro atoms. The van der Waals surface area contributed by atoms with E-state index in [0.29, 0.717) is 26.4 Å². The first-order valence-electron chi connectivity index (χ1n) is 16.2. The van der Waals surface area contributed by atoms with E-state index >= 15 is 0 Å². The van der Waals surface area contributed by atoms with Crippen LogP contribution in [0.5, 0.6) is 0 Å². The first-order valence-corrected chi connectivity index (χ1v) is 16.2. The molecule has 304 valence electrons. The molecule has 0 aromatic heterocycles. The SMILES string of the molecule is C=CC.C=CC.C=CC.C=CC.C=CC.C=CC.C=CC.C=CC.C=CC.C=CC.C=CC.C=CC.OCCO.OCCOCCOCCO. The summed E-state index contributed by atoms with van der Waals surface area (Å²) in [5.41, 5.74) is 0. The molecule has 6 nitrogen and oxygen atoms in total. The average Bonchev–Trinajstić information content (AvgIpc) is 3.04. The number of ether oxygens (including phenoxy) is 2. The van der Waals surface area contributed by atoms with Gasteiger partial charge in [-0.05, 0) is 83.1 Å². The summed E-state index contributed by atoms with van der Waals surface area (Å²) in [5.74, 6) is 0. The van der Waals surface area contributed by atoms with E-state index in [2.05, 4.69) is 78.9 Å². The Balaban J connectivity index is -0.0000000240. The second-order valence-corrected chi connectivity index (χ2v) is 7.02. The van der Waals surface area contributed by atoms with Crippen LogP contribution in [0.15, 0.2) is 152 Å². The highest BCUT2D eigenvalue weighted by atomic mass is 16.5. The van der Waals surface area contributed by atoms with Crippen molar-refractivity contribution in [2.24, 2.45) is 0 Å². The van der Waals surface area contributed by atoms with Crippen LogP contribution in [-0.2, 0) is 9.47 Å². The van der Waals surface area contributed by atoms with Gasteiger partial charge in [0.15, 0.2) is 0 Å². The summed E-state index contributed by atoms with van der Waals surface area (Å²) < 4.78 is 9.75. The molecule has 0 aliphatic heterocycles. The Bertz CT molecular complexity index is 372. The Morgan fingerprint density at radius 3 is 0.420 bits per heavy atom. The van der Waals surface area contributed by atoms with Crippen LogP contribution in [0.2, 0.25) is 0 Å². The van der Waals surface area contributed by atoms with Crippen LogP contribution in [0.1, 0.15) is 83.1 Å². The lowest BCUT2D eigenvalue weighted by Crippen LogP contribution is -2.09. The van der Waals surface area contributed by atoms with Gasteiger partial charge in [-0.25, -0.2) is 0 Å². The quantitative estimate of drug-likeness (QED) is 0.147. The number of aliphatic hydroxyl groups excluding tert-OH is 4. The zero-order valence-electron chi connectivity index (χ0n) is 35.7. The molecular weight excluding hydrogens is 624 g/mol. The van der Waals surface area contributed by atoms with Gasteiger partial charge in [0.2, 0.25) is 0 Å². The summed E-state index contributed by atoms with van der Waals surface area (Å²) in [4.78, 5) is 0. The van der Waals surface area contributed by atoms with Gasteiger partial charge in [0, 0.05) is 0 Å². The molecule has 0 saturated heterocycles. The Morgan fingerprint density at radius 2 is 0.360 bits per heavy atom. The van der Waals surface area contributed by atoms with E-state index in [1.54, 1.807) is 72.9 Å². The fourth-order valence-corrected chi connectivity index (χ4v) is 0.451. The van der Waals surface area contributed by atoms with E-state index in [9.17, 15) is 0 Å². The molecule has 0 radical (unpaired) electrons. The van der Waals surface area contributed by atoms with Gasteiger partial charge in [-0.1, -0.05) is 72.9 Å². The second kappa shape index (κ2) is 262. The van der Waals surface area contributed by atoms with E-state index < -0.39 is 0 Å². The summed E-state index contributed by atoms with van der Waals surface area (Å²) in [7, 11) is 0. The number of aliphatic hydroxyl groups is 4. The topological polar surface area (TPSA) is 99.4 Å². The molecule has 0 atom stereocenters. The molecule has 0 aromatic rings. The maximum atomic E-state index is 8.26. The van der Waals surface area contributed by atoms with Gasteiger partial charge in [0.1, 0.15) is 0 Å². The van der Waals surface area contributed by atoms with Gasteiger partial charge >= 0.3 is 0 Å². The minimum absolute atomic E-state index is 0.0417. The van der Waals surface area contributed by atoms with Gasteiger partial charge in [0.25, 0.3) is 0 Å². The van der Waals surface area contributed by atoms with E-state index in [0.717, 1.165) is 0 Å². The second-order valence-electron chi connectivity index (χ2n) is 7.02. The first kappa shape index (κ1) is 91.2. The highest BCUT2D eigenvalue weighted by Gasteiger charge is 1.86. The molecule has 0 aliphatic carbocycles. The standard InChI is InChI=1S/C6H14O4.12C3H6.C2H6O2/c7-1-3-9-5-6-10-4-2-8;12*1-3-2;3-1-2-4/h7-8H,1-6H2;12*3H,1H2,2H3;3-4H,1-2H2. The number of hydrogen-bond acceptors (Lipinski definition) is 6. The third kappa shape index (κ3) is 3950. The summed E-state index contributed by atoms with van der Waals surface area (Å²) >= 11 is 0. The molecule has 4 N–H and O–H groups in total. The van der Waals surface area contributed by atoms with Crippen LogP contribution in [0.3, 0.4) is 0 Å². The molecule has 0 saturated carbocycles. The van der Waals surface area contributed by atoms with Crippen molar-refractivity contribution in [3.8, 4) is 0 Å². The predicted molar refractivity (Wildman–Crippen MR) is 240 cm³/mol. The molecule has 0 aliphatic rings. The van der Waals surface area contributed by atoms with Gasteiger partial charge in [0.05, 0.1) is 52.9 Å². The van der Waals surface area contributed by atoms with Gasteiger partial charge in [-0.2, -0.15) is 0 Å². The lowest BCUT2D eigenvalue weighted by atomic mass is 10.7. The highest BCUT2D eigenvalue weighted by Crippen LogP contribution is 1.76. The normalized spacial score (nSPS) is 5.76. The summed E-state index contributed by atoms with van der Waals surface area (Å²) in [6.07, 6.45) is 21.0. The lowest BCUT2D eigenvalue weighted by Gasteiger charge is -2.01. The maximum Gasteiger partial charge on any atom is 0.0701 e. The van der Waals surface area contributed by atoms with E-state index in [1.165, 1.54) is 0 Å². The molecule has 0 fully saturated rings. The van der Waals surface area contributed by atoms with Crippen molar-refractivity contribution in [1.29, 1.82) is 0 Å². The average molecular weight is 717 g/mol. The van der Waals surface area contributed by atoms with Crippen LogP contribution < -0.4 is 0 Å². The first-order chi connectivity index (χ1) is 23.8. The molecule has 0 rings (SSSR count). The van der Waals surface area contributed by atoms with Crippen molar-refractivity contribution in [2.75, 3.05) is 52.9 Å². The molecule has 0 unspecified atom stereocenters. The van der Waals surface area contributed by atoms with Crippen LogP contribution in [0, 0.1) is 0 Å². The smallest absolute Gasteiger partial charge is 0.0701 e. The Hall–Kier alpha value is -3.36. The Morgan fingerprint density at radius 1 is 0.260 bits per heavy atom. The number of hydrogen-bond donors (Lipinski definition) is 4. The van der Waals surface area contributed by atoms with Crippen LogP contribution in [0.4, 0.5) is 0 Å². The van der Waals surface area contributed by atoms with Crippen LogP contribution in [-0.4, -0.2) is 73.3 Å². The van der Waals surface area contributed by atoms with Crippen molar-refractivity contribution in [1.82, 2.24) is 0 Å². The monoisotopic (exact) mass is 717 g/mol. The molecule has 0 amide bonds. The molecule has 0 aromatic carbocycles. The van der Waals surface area contributed by atoms with Crippen molar-refractivity contribution in [3.63, 3.8) is 0 Å². The molecule has 50 heavy (non-hydrogen) atoms. The molecule has 0 bridgehead atoms. The number of allylic oxidation sites excluding steroid dienone is 12. The summed E-state index contributed by atoms with van der Waals surface area (Å²) in [6, 6.07) is 0. The zero-order valence-corrected chi connectivity index (χ0v) is 35.7. The van der Waals surface area contributed by atoms with Crippen molar-refractivity contribution >= 4 is 0 Å². The highest BCUT2D eigenvalue weighted by molar-refractivity contribution is 4.54. The minimum Gasteiger partial charge on any atom is -0.394 e. The fourth-order valence-electron chi connectivity index (χ4n) is 0.451. The lowest BCUT2D eigenvalue weighted by molar-refractivity contribution is 0.0222. The van der Waals surface area contributed by atoms with Crippen LogP contribution >= 0.6 is 0 Å². The van der Waals surface area contributed by atoms with E-state index in [1.807, 2.05) is 83.1 Å². The summed E-state index contributed by atoms with van der Waals surface area (Å²) in [5, 5.41) is 31.8. The minimum atomic E-state index is -0.125. The van der Waals surface area contributed by atoms with E-state index in [-0.39, 0.29) is 26.4 Å². The number of rotatable bonds is 8. The Labute approximate surface area is 317 Å². The van der Waals surface area contributed by atoms with Gasteiger partial charge < -0.3 is 29.9 Å². The van der Waals surface area contributed by atoms with E-state index in [4.69, 9.17) is 29.9 Å². The van der Waals surface area contributed by atoms with Crippen molar-refractivity contribution < 1.29 is 29.9 Å². The van der Waals surface area contributed by atoms with Gasteiger partial charge in [-0.3, -0.25) is 0 Å². The molecular formula is C44H92O6. The Kier molecular flexibility index (Phi) is 477. The summed E-state index contributed by atoms with van der Waals surface area (Å²) in [6.45, 7) is 64.5. The van der Waals surface area contributed by atoms with Crippen molar-refractivity contribution in [3.05, 3.63) is 152 Å². The largest absolute Gasteiger partial charge is 0.394 e. The van der Waals surface area contributed by atoms with Crippen LogP contribution in [0.25, 0.3) is 0 Å².